The number of pyridine rings is 1. The third kappa shape index (κ3) is 6.04. The molecule has 222 valence electrons. The molecule has 2 aromatic carbocycles. The summed E-state index contributed by atoms with van der Waals surface area (Å²) in [5, 5.41) is 12.7. The summed E-state index contributed by atoms with van der Waals surface area (Å²) in [5.74, 6) is -0.151. The first-order valence-corrected chi connectivity index (χ1v) is 13.4. The predicted molar refractivity (Wildman–Crippen MR) is 161 cm³/mol. The lowest BCUT2D eigenvalue weighted by atomic mass is 9.97. The van der Waals surface area contributed by atoms with Gasteiger partial charge in [-0.3, -0.25) is 4.79 Å². The quantitative estimate of drug-likeness (QED) is 0.181. The zero-order valence-electron chi connectivity index (χ0n) is 23.3. The number of halogens is 4. The Morgan fingerprint density at radius 2 is 1.91 bits per heavy atom. The first-order valence-electron chi connectivity index (χ1n) is 13.0. The summed E-state index contributed by atoms with van der Waals surface area (Å²) in [5.41, 5.74) is 8.36. The number of carbonyl (C=O) groups excluding carboxylic acids is 1. The van der Waals surface area contributed by atoms with Crippen LogP contribution in [0.2, 0.25) is 5.02 Å². The van der Waals surface area contributed by atoms with Crippen LogP contribution in [0.3, 0.4) is 0 Å². The van der Waals surface area contributed by atoms with Crippen molar-refractivity contribution >= 4 is 39.9 Å². The summed E-state index contributed by atoms with van der Waals surface area (Å²) >= 11 is 6.68. The molecule has 3 N–H and O–H groups in total. The molecule has 0 spiro atoms. The zero-order chi connectivity index (χ0) is 31.8. The fourth-order valence-corrected chi connectivity index (χ4v) is 4.95. The highest BCUT2D eigenvalue weighted by atomic mass is 35.5. The number of anilines is 2. The first-order chi connectivity index (χ1) is 20.9. The lowest BCUT2D eigenvalue weighted by Gasteiger charge is -2.17. The Kier molecular flexibility index (Phi) is 7.99. The molecule has 3 heterocycles. The number of hydrogen-bond donors (Lipinski definition) is 2. The minimum absolute atomic E-state index is 0.0404. The first kappa shape index (κ1) is 30.1. The van der Waals surface area contributed by atoms with E-state index >= 15 is 0 Å². The average molecular weight is 618 g/mol. The van der Waals surface area contributed by atoms with Crippen molar-refractivity contribution in [2.45, 2.75) is 26.6 Å². The van der Waals surface area contributed by atoms with Crippen molar-refractivity contribution in [1.82, 2.24) is 19.5 Å². The molecule has 0 bridgehead atoms. The fraction of sp³-hybridized carbons (Fsp3) is 0.129. The molecule has 0 aliphatic carbocycles. The number of carbonyl (C=O) groups is 1. The number of hydrogen-bond acceptors (Lipinski definition) is 7. The minimum atomic E-state index is -4.68. The molecule has 3 aromatic heterocycles. The number of rotatable bonds is 7. The number of ether oxygens (including phenoxy) is 1. The summed E-state index contributed by atoms with van der Waals surface area (Å²) in [7, 11) is 0. The normalized spacial score (nSPS) is 11.3. The van der Waals surface area contributed by atoms with Crippen molar-refractivity contribution in [3.63, 3.8) is 0 Å². The van der Waals surface area contributed by atoms with Gasteiger partial charge in [-0.25, -0.2) is 15.0 Å². The van der Waals surface area contributed by atoms with E-state index in [1.54, 1.807) is 43.5 Å². The van der Waals surface area contributed by atoms with Crippen molar-refractivity contribution in [3.05, 3.63) is 89.4 Å². The molecule has 0 aliphatic rings. The van der Waals surface area contributed by atoms with Crippen LogP contribution >= 0.6 is 11.6 Å². The van der Waals surface area contributed by atoms with Crippen LogP contribution in [0.1, 0.15) is 18.2 Å². The summed E-state index contributed by atoms with van der Waals surface area (Å²) < 4.78 is 49.1. The lowest BCUT2D eigenvalue weighted by Crippen LogP contribution is -2.19. The van der Waals surface area contributed by atoms with Crippen molar-refractivity contribution < 1.29 is 22.7 Å². The van der Waals surface area contributed by atoms with Crippen LogP contribution in [0.4, 0.5) is 24.7 Å². The number of nitrogens with zero attached hydrogens (tertiary/aromatic N) is 5. The van der Waals surface area contributed by atoms with E-state index < -0.39 is 18.6 Å². The Labute approximate surface area is 254 Å². The Hall–Kier alpha value is -5.41. The number of benzene rings is 2. The third-order valence-electron chi connectivity index (χ3n) is 6.56. The van der Waals surface area contributed by atoms with E-state index in [-0.39, 0.29) is 55.7 Å². The maximum atomic E-state index is 14.1. The van der Waals surface area contributed by atoms with Gasteiger partial charge < -0.3 is 20.4 Å². The number of aryl methyl sites for hydroxylation is 1. The lowest BCUT2D eigenvalue weighted by molar-refractivity contribution is -0.139. The molecule has 44 heavy (non-hydrogen) atoms. The molecule has 0 saturated carbocycles. The minimum Gasteiger partial charge on any atom is -0.424 e. The molecule has 5 aromatic rings. The Bertz CT molecular complexity index is 1980. The summed E-state index contributed by atoms with van der Waals surface area (Å²) in [6.45, 7) is 5.46. The Morgan fingerprint density at radius 1 is 1.18 bits per heavy atom. The van der Waals surface area contributed by atoms with Gasteiger partial charge in [-0.15, -0.1) is 0 Å². The van der Waals surface area contributed by atoms with Crippen molar-refractivity contribution in [2.75, 3.05) is 11.1 Å². The van der Waals surface area contributed by atoms with Crippen LogP contribution < -0.4 is 15.8 Å². The van der Waals surface area contributed by atoms with Crippen LogP contribution in [0, 0.1) is 18.3 Å². The highest BCUT2D eigenvalue weighted by Gasteiger charge is 2.34. The predicted octanol–water partition coefficient (Wildman–Crippen LogP) is 7.45. The summed E-state index contributed by atoms with van der Waals surface area (Å²) in [4.78, 5) is 24.6. The summed E-state index contributed by atoms with van der Waals surface area (Å²) in [6, 6.07) is 14.7. The van der Waals surface area contributed by atoms with Crippen LogP contribution in [0.25, 0.3) is 33.3 Å². The SMILES string of the molecule is C=C(C)C(=O)Nc1ccc(-c2c(-c3ccc(Oc4nccc(C)n4)cc3)c3c(N)ncc(C#N)c3n2CC(F)(F)F)c(Cl)c1. The van der Waals surface area contributed by atoms with Gasteiger partial charge in [0, 0.05) is 40.5 Å². The molecule has 1 amide bonds. The third-order valence-corrected chi connectivity index (χ3v) is 6.87. The Balaban J connectivity index is 1.76. The number of alkyl halides is 3. The molecule has 0 unspecified atom stereocenters. The zero-order valence-corrected chi connectivity index (χ0v) is 24.1. The van der Waals surface area contributed by atoms with E-state index in [0.29, 0.717) is 22.7 Å². The Morgan fingerprint density at radius 3 is 2.52 bits per heavy atom. The molecule has 0 atom stereocenters. The van der Waals surface area contributed by atoms with Crippen LogP contribution in [-0.2, 0) is 11.3 Å². The number of nitriles is 1. The largest absolute Gasteiger partial charge is 0.424 e. The monoisotopic (exact) mass is 617 g/mol. The van der Waals surface area contributed by atoms with Crippen molar-refractivity contribution in [1.29, 1.82) is 5.26 Å². The van der Waals surface area contributed by atoms with Gasteiger partial charge in [0.25, 0.3) is 5.91 Å². The van der Waals surface area contributed by atoms with E-state index in [0.717, 1.165) is 10.8 Å². The van der Waals surface area contributed by atoms with Crippen LogP contribution in [0.15, 0.2) is 73.1 Å². The smallest absolute Gasteiger partial charge is 0.406 e. The number of amides is 1. The number of nitrogens with one attached hydrogen (secondary N) is 1. The van der Waals surface area contributed by atoms with Crippen molar-refractivity contribution in [2.24, 2.45) is 0 Å². The molecule has 0 saturated heterocycles. The fourth-order valence-electron chi connectivity index (χ4n) is 4.68. The topological polar surface area (TPSA) is 132 Å². The molecule has 9 nitrogen and oxygen atoms in total. The second kappa shape index (κ2) is 11.7. The van der Waals surface area contributed by atoms with Gasteiger partial charge in [-0.1, -0.05) is 30.3 Å². The van der Waals surface area contributed by atoms with E-state index in [4.69, 9.17) is 22.1 Å². The number of nitrogen functional groups attached to an aromatic ring is 1. The molecular weight excluding hydrogens is 595 g/mol. The van der Waals surface area contributed by atoms with E-state index in [1.807, 2.05) is 6.07 Å². The van der Waals surface area contributed by atoms with Crippen LogP contribution in [0.5, 0.6) is 11.8 Å². The van der Waals surface area contributed by atoms with Gasteiger partial charge in [0.05, 0.1) is 27.2 Å². The van der Waals surface area contributed by atoms with Gasteiger partial charge >= 0.3 is 12.2 Å². The van der Waals surface area contributed by atoms with Gasteiger partial charge in [-0.05, 0) is 55.8 Å². The van der Waals surface area contributed by atoms with E-state index in [2.05, 4.69) is 26.8 Å². The molecule has 0 radical (unpaired) electrons. The highest BCUT2D eigenvalue weighted by Crippen LogP contribution is 2.47. The van der Waals surface area contributed by atoms with E-state index in [9.17, 15) is 23.2 Å². The van der Waals surface area contributed by atoms with Gasteiger partial charge in [0.1, 0.15) is 24.2 Å². The second-order valence-electron chi connectivity index (χ2n) is 9.85. The maximum absolute atomic E-state index is 14.1. The van der Waals surface area contributed by atoms with Gasteiger partial charge in [0.2, 0.25) is 0 Å². The second-order valence-corrected chi connectivity index (χ2v) is 10.3. The molecular formula is C31H23ClF3N7O2. The maximum Gasteiger partial charge on any atom is 0.406 e. The summed E-state index contributed by atoms with van der Waals surface area (Å²) in [6.07, 6.45) is -2.00. The van der Waals surface area contributed by atoms with Gasteiger partial charge in [-0.2, -0.15) is 18.4 Å². The number of aromatic nitrogens is 4. The number of fused-ring (bicyclic) bond motifs is 1. The van der Waals surface area contributed by atoms with Gasteiger partial charge in [0.15, 0.2) is 0 Å². The molecule has 5 rings (SSSR count). The molecule has 0 aliphatic heterocycles. The molecule has 0 fully saturated rings. The standard InChI is InChI=1S/C31H23ClF3N7O2/c1-16(2)29(43)41-20-6-9-22(23(32)12-20)27-24(18-4-7-21(8-5-18)44-30-38-11-10-17(3)40-30)25-26(42(27)15-31(33,34)35)19(13-36)14-39-28(25)37/h4-12,14H,1,15H2,2-3H3,(H2,37,39)(H,41,43). The number of nitrogens with two attached hydrogens (primary N) is 1. The van der Waals surface area contributed by atoms with E-state index in [1.165, 1.54) is 25.1 Å². The van der Waals surface area contributed by atoms with Crippen molar-refractivity contribution in [3.8, 4) is 40.2 Å². The molecule has 13 heteroatoms. The highest BCUT2D eigenvalue weighted by molar-refractivity contribution is 6.34. The average Bonchev–Trinajstić information content (AvgIpc) is 3.28. The van der Waals surface area contributed by atoms with Crippen LogP contribution in [-0.4, -0.2) is 31.6 Å².